The zero-order chi connectivity index (χ0) is 7.11. The molecule has 0 aromatic heterocycles. The minimum Gasteiger partial charge on any atom is -0.295 e. The van der Waals surface area contributed by atoms with Crippen LogP contribution in [0.1, 0.15) is 20.3 Å². The fraction of sp³-hybridized carbons (Fsp3) is 0.750. The summed E-state index contributed by atoms with van der Waals surface area (Å²) in [7, 11) is 2.09. The first-order chi connectivity index (χ1) is 4.31. The lowest BCUT2D eigenvalue weighted by atomic mass is 10.4. The number of hydrogen-bond donors (Lipinski definition) is 0. The molecular formula is C8H15N. The van der Waals surface area contributed by atoms with Gasteiger partial charge in [-0.25, -0.2) is 0 Å². The number of rotatable bonds is 3. The molecule has 0 fully saturated rings. The van der Waals surface area contributed by atoms with Crippen molar-refractivity contribution in [3.63, 3.8) is 0 Å². The molecule has 0 bridgehead atoms. The summed E-state index contributed by atoms with van der Waals surface area (Å²) in [5.74, 6) is 5.87. The van der Waals surface area contributed by atoms with Gasteiger partial charge in [0.2, 0.25) is 0 Å². The molecule has 0 radical (unpaired) electrons. The zero-order valence-electron chi connectivity index (χ0n) is 6.57. The van der Waals surface area contributed by atoms with E-state index >= 15 is 0 Å². The number of hydrogen-bond acceptors (Lipinski definition) is 1. The molecule has 1 heteroatoms. The van der Waals surface area contributed by atoms with Gasteiger partial charge in [-0.2, -0.15) is 0 Å². The van der Waals surface area contributed by atoms with E-state index in [1.807, 2.05) is 6.92 Å². The Morgan fingerprint density at radius 1 is 1.44 bits per heavy atom. The van der Waals surface area contributed by atoms with Gasteiger partial charge in [0.25, 0.3) is 0 Å². The van der Waals surface area contributed by atoms with Gasteiger partial charge in [0.15, 0.2) is 0 Å². The summed E-state index contributed by atoms with van der Waals surface area (Å²) in [6.45, 7) is 6.11. The predicted octanol–water partition coefficient (Wildman–Crippen LogP) is 1.35. The van der Waals surface area contributed by atoms with Crippen LogP contribution in [0.15, 0.2) is 0 Å². The summed E-state index contributed by atoms with van der Waals surface area (Å²) in [5.41, 5.74) is 0. The van der Waals surface area contributed by atoms with E-state index in [4.69, 9.17) is 0 Å². The summed E-state index contributed by atoms with van der Waals surface area (Å²) in [6.07, 6.45) is 1.21. The fourth-order valence-electron chi connectivity index (χ4n) is 0.675. The van der Waals surface area contributed by atoms with E-state index in [0.29, 0.717) is 0 Å². The minimum atomic E-state index is 0.907. The molecule has 1 nitrogen and oxygen atoms in total. The summed E-state index contributed by atoms with van der Waals surface area (Å²) in [5, 5.41) is 0. The molecule has 0 saturated heterocycles. The highest BCUT2D eigenvalue weighted by Gasteiger charge is 1.89. The Bertz CT molecular complexity index is 107. The third-order valence-electron chi connectivity index (χ3n) is 1.13. The van der Waals surface area contributed by atoms with Crippen LogP contribution in [0, 0.1) is 11.8 Å². The van der Waals surface area contributed by atoms with Crippen LogP contribution in [0.3, 0.4) is 0 Å². The van der Waals surface area contributed by atoms with Gasteiger partial charge in [0.05, 0.1) is 6.54 Å². The monoisotopic (exact) mass is 125 g/mol. The van der Waals surface area contributed by atoms with Crippen molar-refractivity contribution in [2.75, 3.05) is 20.1 Å². The largest absolute Gasteiger partial charge is 0.295 e. The van der Waals surface area contributed by atoms with Crippen LogP contribution in [0.25, 0.3) is 0 Å². The Hall–Kier alpha value is -0.480. The van der Waals surface area contributed by atoms with Crippen LogP contribution < -0.4 is 0 Å². The van der Waals surface area contributed by atoms with Crippen LogP contribution in [-0.2, 0) is 0 Å². The molecule has 0 aromatic rings. The van der Waals surface area contributed by atoms with E-state index in [9.17, 15) is 0 Å². The van der Waals surface area contributed by atoms with Gasteiger partial charge >= 0.3 is 0 Å². The molecule has 0 spiro atoms. The molecular weight excluding hydrogens is 110 g/mol. The van der Waals surface area contributed by atoms with Crippen LogP contribution in [-0.4, -0.2) is 25.0 Å². The number of nitrogens with zero attached hydrogens (tertiary/aromatic N) is 1. The molecule has 0 aromatic carbocycles. The van der Waals surface area contributed by atoms with Gasteiger partial charge in [-0.15, -0.1) is 5.92 Å². The zero-order valence-corrected chi connectivity index (χ0v) is 6.57. The van der Waals surface area contributed by atoms with Crippen molar-refractivity contribution in [1.82, 2.24) is 4.90 Å². The fourth-order valence-corrected chi connectivity index (χ4v) is 0.675. The van der Waals surface area contributed by atoms with E-state index < -0.39 is 0 Å². The molecule has 0 aliphatic carbocycles. The molecule has 0 heterocycles. The lowest BCUT2D eigenvalue weighted by molar-refractivity contribution is 0.376. The standard InChI is InChI=1S/C8H15N/c1-4-6-8-9(3)7-5-2/h5,7-8H2,1-3H3. The van der Waals surface area contributed by atoms with Crippen molar-refractivity contribution in [2.24, 2.45) is 0 Å². The topological polar surface area (TPSA) is 3.24 Å². The highest BCUT2D eigenvalue weighted by molar-refractivity contribution is 4.97. The third-order valence-corrected chi connectivity index (χ3v) is 1.13. The van der Waals surface area contributed by atoms with Crippen molar-refractivity contribution >= 4 is 0 Å². The van der Waals surface area contributed by atoms with Gasteiger partial charge in [-0.05, 0) is 26.9 Å². The lowest BCUT2D eigenvalue weighted by Gasteiger charge is -2.09. The Labute approximate surface area is 58.1 Å². The van der Waals surface area contributed by atoms with E-state index in [-0.39, 0.29) is 0 Å². The Balaban J connectivity index is 3.22. The lowest BCUT2D eigenvalue weighted by Crippen LogP contribution is -2.18. The van der Waals surface area contributed by atoms with Gasteiger partial charge < -0.3 is 0 Å². The molecule has 52 valence electrons. The van der Waals surface area contributed by atoms with E-state index in [0.717, 1.165) is 13.1 Å². The molecule has 0 rings (SSSR count). The molecule has 0 atom stereocenters. The van der Waals surface area contributed by atoms with Crippen LogP contribution >= 0.6 is 0 Å². The predicted molar refractivity (Wildman–Crippen MR) is 41.2 cm³/mol. The average Bonchev–Trinajstić information content (AvgIpc) is 1.85. The quantitative estimate of drug-likeness (QED) is 0.515. The second kappa shape index (κ2) is 5.65. The molecule has 9 heavy (non-hydrogen) atoms. The minimum absolute atomic E-state index is 0.907. The van der Waals surface area contributed by atoms with Crippen LogP contribution in [0.2, 0.25) is 0 Å². The summed E-state index contributed by atoms with van der Waals surface area (Å²) in [6, 6.07) is 0. The van der Waals surface area contributed by atoms with Crippen molar-refractivity contribution in [2.45, 2.75) is 20.3 Å². The molecule has 0 saturated carbocycles. The molecule has 0 aliphatic heterocycles. The first-order valence-corrected chi connectivity index (χ1v) is 3.39. The van der Waals surface area contributed by atoms with E-state index in [1.165, 1.54) is 6.42 Å². The Kier molecular flexibility index (Phi) is 5.35. The van der Waals surface area contributed by atoms with Gasteiger partial charge in [-0.1, -0.05) is 12.8 Å². The van der Waals surface area contributed by atoms with Crippen LogP contribution in [0.4, 0.5) is 0 Å². The smallest absolute Gasteiger partial charge is 0.0598 e. The maximum atomic E-state index is 3.01. The summed E-state index contributed by atoms with van der Waals surface area (Å²) < 4.78 is 0. The van der Waals surface area contributed by atoms with E-state index in [1.54, 1.807) is 0 Å². The van der Waals surface area contributed by atoms with Gasteiger partial charge in [-0.3, -0.25) is 4.90 Å². The normalized spacial score (nSPS) is 8.89. The first kappa shape index (κ1) is 8.52. The van der Waals surface area contributed by atoms with Crippen molar-refractivity contribution in [3.8, 4) is 11.8 Å². The van der Waals surface area contributed by atoms with Crippen molar-refractivity contribution in [1.29, 1.82) is 0 Å². The maximum absolute atomic E-state index is 3.01. The summed E-state index contributed by atoms with van der Waals surface area (Å²) in [4.78, 5) is 2.22. The summed E-state index contributed by atoms with van der Waals surface area (Å²) >= 11 is 0. The Morgan fingerprint density at radius 3 is 2.56 bits per heavy atom. The second-order valence-electron chi connectivity index (χ2n) is 2.16. The highest BCUT2D eigenvalue weighted by Crippen LogP contribution is 1.82. The van der Waals surface area contributed by atoms with Gasteiger partial charge in [0.1, 0.15) is 0 Å². The molecule has 0 aliphatic rings. The van der Waals surface area contributed by atoms with Crippen LogP contribution in [0.5, 0.6) is 0 Å². The molecule has 0 N–H and O–H groups in total. The van der Waals surface area contributed by atoms with Gasteiger partial charge in [0, 0.05) is 0 Å². The first-order valence-electron chi connectivity index (χ1n) is 3.39. The third kappa shape index (κ3) is 5.39. The van der Waals surface area contributed by atoms with Crippen molar-refractivity contribution < 1.29 is 0 Å². The Morgan fingerprint density at radius 2 is 2.11 bits per heavy atom. The maximum Gasteiger partial charge on any atom is 0.0598 e. The molecule has 0 amide bonds. The second-order valence-corrected chi connectivity index (χ2v) is 2.16. The van der Waals surface area contributed by atoms with E-state index in [2.05, 4.69) is 30.7 Å². The molecule has 0 unspecified atom stereocenters. The average molecular weight is 125 g/mol. The van der Waals surface area contributed by atoms with Crippen molar-refractivity contribution in [3.05, 3.63) is 0 Å². The highest BCUT2D eigenvalue weighted by atomic mass is 15.1. The SMILES string of the molecule is CC#CCN(C)CCC.